The zero-order valence-corrected chi connectivity index (χ0v) is 14.9. The molecule has 2 aliphatic heterocycles. The van der Waals surface area contributed by atoms with Crippen molar-refractivity contribution in [2.75, 3.05) is 13.1 Å². The van der Waals surface area contributed by atoms with Gasteiger partial charge in [0.1, 0.15) is 0 Å². The number of benzene rings is 2. The summed E-state index contributed by atoms with van der Waals surface area (Å²) in [6, 6.07) is 13.8. The van der Waals surface area contributed by atoms with Crippen LogP contribution in [-0.4, -0.2) is 46.7 Å². The highest BCUT2D eigenvalue weighted by Gasteiger charge is 2.43. The molecule has 0 aromatic heterocycles. The second-order valence-electron chi connectivity index (χ2n) is 6.20. The van der Waals surface area contributed by atoms with E-state index >= 15 is 0 Å². The Labute approximate surface area is 153 Å². The summed E-state index contributed by atoms with van der Waals surface area (Å²) in [6.07, 6.45) is 0.599. The Kier molecular flexibility index (Phi) is 3.92. The van der Waals surface area contributed by atoms with Gasteiger partial charge in [-0.2, -0.15) is 0 Å². The minimum absolute atomic E-state index is 0.0911. The highest BCUT2D eigenvalue weighted by molar-refractivity contribution is 9.10. The SMILES string of the molecule is O=C(c1ccccc1Br)N1CCC(N2C(=O)c3ccccc3C2=O)C1. The number of nitrogens with zero attached hydrogens (tertiary/aromatic N) is 2. The topological polar surface area (TPSA) is 57.7 Å². The average Bonchev–Trinajstić information content (AvgIpc) is 3.19. The first-order valence-corrected chi connectivity index (χ1v) is 8.88. The molecule has 126 valence electrons. The minimum Gasteiger partial charge on any atom is -0.336 e. The van der Waals surface area contributed by atoms with Crippen molar-refractivity contribution in [3.8, 4) is 0 Å². The average molecular weight is 399 g/mol. The number of imide groups is 1. The van der Waals surface area contributed by atoms with E-state index in [1.165, 1.54) is 4.90 Å². The number of likely N-dealkylation sites (tertiary alicyclic amines) is 1. The van der Waals surface area contributed by atoms with Crippen molar-refractivity contribution >= 4 is 33.7 Å². The zero-order valence-electron chi connectivity index (χ0n) is 13.3. The molecule has 2 aromatic rings. The number of carbonyl (C=O) groups is 3. The second kappa shape index (κ2) is 6.11. The lowest BCUT2D eigenvalue weighted by molar-refractivity contribution is 0.0574. The van der Waals surface area contributed by atoms with Gasteiger partial charge in [-0.05, 0) is 46.6 Å². The summed E-state index contributed by atoms with van der Waals surface area (Å²) in [5, 5.41) is 0. The number of rotatable bonds is 2. The number of carbonyl (C=O) groups excluding carboxylic acids is 3. The van der Waals surface area contributed by atoms with Crippen molar-refractivity contribution in [3.63, 3.8) is 0 Å². The van der Waals surface area contributed by atoms with Crippen LogP contribution in [-0.2, 0) is 0 Å². The Morgan fingerprint density at radius 3 is 2.20 bits per heavy atom. The molecule has 0 bridgehead atoms. The molecule has 3 amide bonds. The van der Waals surface area contributed by atoms with E-state index in [0.717, 1.165) is 4.47 Å². The standard InChI is InChI=1S/C19H15BrN2O3/c20-16-8-4-3-7-15(16)17(23)21-10-9-12(11-21)22-18(24)13-5-1-2-6-14(13)19(22)25/h1-8,12H,9-11H2. The molecular formula is C19H15BrN2O3. The van der Waals surface area contributed by atoms with Gasteiger partial charge < -0.3 is 4.90 Å². The number of hydrogen-bond acceptors (Lipinski definition) is 3. The molecule has 0 N–H and O–H groups in total. The van der Waals surface area contributed by atoms with Gasteiger partial charge >= 0.3 is 0 Å². The van der Waals surface area contributed by atoms with Gasteiger partial charge in [0.15, 0.2) is 0 Å². The van der Waals surface area contributed by atoms with Crippen LogP contribution in [0.5, 0.6) is 0 Å². The van der Waals surface area contributed by atoms with Crippen LogP contribution in [0.4, 0.5) is 0 Å². The van der Waals surface area contributed by atoms with Crippen molar-refractivity contribution in [2.45, 2.75) is 12.5 Å². The largest absolute Gasteiger partial charge is 0.336 e. The van der Waals surface area contributed by atoms with Crippen LogP contribution in [0.1, 0.15) is 37.5 Å². The minimum atomic E-state index is -0.279. The summed E-state index contributed by atoms with van der Waals surface area (Å²) in [5.74, 6) is -0.617. The molecule has 0 aliphatic carbocycles. The molecule has 25 heavy (non-hydrogen) atoms. The van der Waals surface area contributed by atoms with E-state index < -0.39 is 0 Å². The molecule has 1 saturated heterocycles. The fourth-order valence-electron chi connectivity index (χ4n) is 3.48. The van der Waals surface area contributed by atoms with Crippen molar-refractivity contribution in [3.05, 3.63) is 69.7 Å². The summed E-state index contributed by atoms with van der Waals surface area (Å²) in [5.41, 5.74) is 1.48. The van der Waals surface area contributed by atoms with E-state index in [1.807, 2.05) is 18.2 Å². The van der Waals surface area contributed by atoms with Crippen molar-refractivity contribution in [2.24, 2.45) is 0 Å². The molecule has 2 aromatic carbocycles. The lowest BCUT2D eigenvalue weighted by Crippen LogP contribution is -2.42. The van der Waals surface area contributed by atoms with Gasteiger partial charge in [-0.25, -0.2) is 0 Å². The molecular weight excluding hydrogens is 384 g/mol. The predicted octanol–water partition coefficient (Wildman–Crippen LogP) is 2.96. The summed E-state index contributed by atoms with van der Waals surface area (Å²) in [6.45, 7) is 0.893. The summed E-state index contributed by atoms with van der Waals surface area (Å²) in [4.78, 5) is 40.9. The smallest absolute Gasteiger partial charge is 0.261 e. The maximum absolute atomic E-state index is 12.7. The van der Waals surface area contributed by atoms with Gasteiger partial charge in [0, 0.05) is 17.6 Å². The van der Waals surface area contributed by atoms with Crippen LogP contribution < -0.4 is 0 Å². The quantitative estimate of drug-likeness (QED) is 0.730. The van der Waals surface area contributed by atoms with E-state index in [9.17, 15) is 14.4 Å². The van der Waals surface area contributed by atoms with Crippen LogP contribution in [0.3, 0.4) is 0 Å². The maximum Gasteiger partial charge on any atom is 0.261 e. The molecule has 4 rings (SSSR count). The molecule has 5 nitrogen and oxygen atoms in total. The van der Waals surface area contributed by atoms with Gasteiger partial charge in [-0.3, -0.25) is 19.3 Å². The van der Waals surface area contributed by atoms with Crippen LogP contribution >= 0.6 is 15.9 Å². The van der Waals surface area contributed by atoms with E-state index in [2.05, 4.69) is 15.9 Å². The van der Waals surface area contributed by atoms with Crippen LogP contribution in [0.25, 0.3) is 0 Å². The highest BCUT2D eigenvalue weighted by atomic mass is 79.9. The molecule has 1 unspecified atom stereocenters. The molecule has 2 heterocycles. The molecule has 6 heteroatoms. The Balaban J connectivity index is 1.54. The first kappa shape index (κ1) is 16.0. The summed E-state index contributed by atoms with van der Waals surface area (Å²) < 4.78 is 0.740. The number of halogens is 1. The molecule has 2 aliphatic rings. The van der Waals surface area contributed by atoms with Gasteiger partial charge in [0.05, 0.1) is 22.7 Å². The van der Waals surface area contributed by atoms with Gasteiger partial charge in [-0.1, -0.05) is 24.3 Å². The Bertz CT molecular complexity index is 861. The predicted molar refractivity (Wildman–Crippen MR) is 95.4 cm³/mol. The third-order valence-corrected chi connectivity index (χ3v) is 5.44. The normalized spacial score (nSPS) is 19.5. The Morgan fingerprint density at radius 2 is 1.56 bits per heavy atom. The highest BCUT2D eigenvalue weighted by Crippen LogP contribution is 2.29. The van der Waals surface area contributed by atoms with Crippen LogP contribution in [0.15, 0.2) is 53.0 Å². The van der Waals surface area contributed by atoms with Crippen LogP contribution in [0, 0.1) is 0 Å². The summed E-state index contributed by atoms with van der Waals surface area (Å²) >= 11 is 3.40. The number of fused-ring (bicyclic) bond motifs is 1. The second-order valence-corrected chi connectivity index (χ2v) is 7.05. The molecule has 0 spiro atoms. The third kappa shape index (κ3) is 2.57. The van der Waals surface area contributed by atoms with Crippen molar-refractivity contribution in [1.29, 1.82) is 0 Å². The molecule has 0 saturated carbocycles. The van der Waals surface area contributed by atoms with Crippen molar-refractivity contribution in [1.82, 2.24) is 9.80 Å². The number of amides is 3. The first-order valence-electron chi connectivity index (χ1n) is 8.08. The molecule has 1 atom stereocenters. The maximum atomic E-state index is 12.7. The zero-order chi connectivity index (χ0) is 17.6. The number of hydrogen-bond donors (Lipinski definition) is 0. The van der Waals surface area contributed by atoms with Gasteiger partial charge in [0.2, 0.25) is 0 Å². The van der Waals surface area contributed by atoms with E-state index in [1.54, 1.807) is 35.2 Å². The fourth-order valence-corrected chi connectivity index (χ4v) is 3.94. The first-order chi connectivity index (χ1) is 12.1. The van der Waals surface area contributed by atoms with Gasteiger partial charge in [0.25, 0.3) is 17.7 Å². The Hall–Kier alpha value is -2.47. The fraction of sp³-hybridized carbons (Fsp3) is 0.211. The molecule has 0 radical (unpaired) electrons. The monoisotopic (exact) mass is 398 g/mol. The molecule has 1 fully saturated rings. The Morgan fingerprint density at radius 1 is 0.960 bits per heavy atom. The van der Waals surface area contributed by atoms with Gasteiger partial charge in [-0.15, -0.1) is 0 Å². The third-order valence-electron chi connectivity index (χ3n) is 4.75. The van der Waals surface area contributed by atoms with Crippen molar-refractivity contribution < 1.29 is 14.4 Å². The summed E-state index contributed by atoms with van der Waals surface area (Å²) in [7, 11) is 0. The van der Waals surface area contributed by atoms with E-state index in [0.29, 0.717) is 36.2 Å². The van der Waals surface area contributed by atoms with E-state index in [4.69, 9.17) is 0 Å². The lowest BCUT2D eigenvalue weighted by Gasteiger charge is -2.23. The van der Waals surface area contributed by atoms with Crippen LogP contribution in [0.2, 0.25) is 0 Å². The lowest BCUT2D eigenvalue weighted by atomic mass is 10.1. The van der Waals surface area contributed by atoms with E-state index in [-0.39, 0.29) is 23.8 Å².